The Balaban J connectivity index is 2.30. The first-order valence-electron chi connectivity index (χ1n) is 5.36. The Morgan fingerprint density at radius 3 is 2.68 bits per heavy atom. The summed E-state index contributed by atoms with van der Waals surface area (Å²) in [5.41, 5.74) is 0.217. The third-order valence-corrected chi connectivity index (χ3v) is 4.26. The second kappa shape index (κ2) is 5.44. The summed E-state index contributed by atoms with van der Waals surface area (Å²) in [4.78, 5) is 7.80. The van der Waals surface area contributed by atoms with Crippen LogP contribution in [0.3, 0.4) is 0 Å². The quantitative estimate of drug-likeness (QED) is 0.931. The molecule has 0 aliphatic carbocycles. The van der Waals surface area contributed by atoms with Crippen LogP contribution >= 0.6 is 23.2 Å². The Kier molecular flexibility index (Phi) is 4.07. The van der Waals surface area contributed by atoms with Crippen LogP contribution < -0.4 is 0 Å². The molecule has 2 rings (SSSR count). The number of aromatic nitrogens is 4. The van der Waals surface area contributed by atoms with Crippen molar-refractivity contribution < 1.29 is 8.42 Å². The van der Waals surface area contributed by atoms with E-state index in [1.165, 1.54) is 12.3 Å². The van der Waals surface area contributed by atoms with Crippen molar-refractivity contribution in [3.05, 3.63) is 33.8 Å². The van der Waals surface area contributed by atoms with E-state index in [1.54, 1.807) is 0 Å². The monoisotopic (exact) mass is 320 g/mol. The molecule has 0 saturated carbocycles. The van der Waals surface area contributed by atoms with Crippen molar-refractivity contribution >= 4 is 33.0 Å². The number of nitrogens with one attached hydrogen (secondary N) is 1. The van der Waals surface area contributed by atoms with Crippen molar-refractivity contribution in [1.29, 1.82) is 0 Å². The van der Waals surface area contributed by atoms with Gasteiger partial charge in [-0.25, -0.2) is 13.4 Å². The molecule has 2 aromatic rings. The number of H-pyrrole nitrogens is 1. The second-order valence-electron chi connectivity index (χ2n) is 3.76. The van der Waals surface area contributed by atoms with E-state index in [-0.39, 0.29) is 21.6 Å². The molecule has 19 heavy (non-hydrogen) atoms. The van der Waals surface area contributed by atoms with Crippen molar-refractivity contribution in [1.82, 2.24) is 20.2 Å². The Hall–Kier alpha value is -1.18. The molecule has 0 spiro atoms. The lowest BCUT2D eigenvalue weighted by molar-refractivity contribution is 0.586. The van der Waals surface area contributed by atoms with Crippen molar-refractivity contribution in [3.63, 3.8) is 0 Å². The van der Waals surface area contributed by atoms with Gasteiger partial charge in [-0.3, -0.25) is 10.1 Å². The SMILES string of the molecule is CCc1nc(S(=O)(=O)Cc2ncc(Cl)cc2Cl)n[nH]1. The lowest BCUT2D eigenvalue weighted by Gasteiger charge is -2.02. The average Bonchev–Trinajstić information content (AvgIpc) is 2.82. The molecular weight excluding hydrogens is 311 g/mol. The number of halogens is 2. The van der Waals surface area contributed by atoms with Gasteiger partial charge in [0.25, 0.3) is 5.16 Å². The predicted octanol–water partition coefficient (Wildman–Crippen LogP) is 2.04. The summed E-state index contributed by atoms with van der Waals surface area (Å²) in [5, 5.41) is 6.53. The predicted molar refractivity (Wildman–Crippen MR) is 70.9 cm³/mol. The average molecular weight is 321 g/mol. The van der Waals surface area contributed by atoms with E-state index in [0.29, 0.717) is 17.3 Å². The highest BCUT2D eigenvalue weighted by atomic mass is 35.5. The first kappa shape index (κ1) is 14.2. The largest absolute Gasteiger partial charge is 0.267 e. The summed E-state index contributed by atoms with van der Waals surface area (Å²) in [6.07, 6.45) is 1.91. The lowest BCUT2D eigenvalue weighted by Crippen LogP contribution is -2.09. The molecule has 0 saturated heterocycles. The van der Waals surface area contributed by atoms with E-state index in [9.17, 15) is 8.42 Å². The van der Waals surface area contributed by atoms with Crippen molar-refractivity contribution in [2.75, 3.05) is 0 Å². The third kappa shape index (κ3) is 3.23. The van der Waals surface area contributed by atoms with Gasteiger partial charge >= 0.3 is 0 Å². The Bertz CT molecular complexity index is 699. The summed E-state index contributed by atoms with van der Waals surface area (Å²) in [6.45, 7) is 1.84. The van der Waals surface area contributed by atoms with Crippen LogP contribution in [0.25, 0.3) is 0 Å². The van der Waals surface area contributed by atoms with E-state index in [2.05, 4.69) is 20.2 Å². The van der Waals surface area contributed by atoms with Crippen LogP contribution in [0.1, 0.15) is 18.4 Å². The van der Waals surface area contributed by atoms with Gasteiger partial charge in [-0.2, -0.15) is 0 Å². The maximum atomic E-state index is 12.1. The molecule has 1 N–H and O–H groups in total. The fourth-order valence-electron chi connectivity index (χ4n) is 1.37. The number of hydrogen-bond acceptors (Lipinski definition) is 5. The van der Waals surface area contributed by atoms with Crippen LogP contribution in [0.4, 0.5) is 0 Å². The van der Waals surface area contributed by atoms with Gasteiger partial charge in [0, 0.05) is 12.6 Å². The van der Waals surface area contributed by atoms with Gasteiger partial charge < -0.3 is 0 Å². The topological polar surface area (TPSA) is 88.6 Å². The van der Waals surface area contributed by atoms with E-state index in [4.69, 9.17) is 23.2 Å². The number of nitrogens with zero attached hydrogens (tertiary/aromatic N) is 3. The van der Waals surface area contributed by atoms with E-state index in [0.717, 1.165) is 0 Å². The molecular formula is C10H10Cl2N4O2S. The zero-order valence-corrected chi connectivity index (χ0v) is 12.2. The van der Waals surface area contributed by atoms with E-state index < -0.39 is 9.84 Å². The van der Waals surface area contributed by atoms with Crippen molar-refractivity contribution in [2.24, 2.45) is 0 Å². The van der Waals surface area contributed by atoms with Crippen LogP contribution in [-0.4, -0.2) is 28.6 Å². The van der Waals surface area contributed by atoms with Gasteiger partial charge in [-0.1, -0.05) is 30.1 Å². The molecule has 0 unspecified atom stereocenters. The maximum absolute atomic E-state index is 12.1. The minimum absolute atomic E-state index is 0.197. The minimum atomic E-state index is -3.68. The highest BCUT2D eigenvalue weighted by Crippen LogP contribution is 2.21. The molecule has 0 aliphatic heterocycles. The first-order chi connectivity index (χ1) is 8.92. The van der Waals surface area contributed by atoms with Crippen LogP contribution in [0, 0.1) is 0 Å². The summed E-state index contributed by atoms with van der Waals surface area (Å²) in [7, 11) is -3.68. The highest BCUT2D eigenvalue weighted by Gasteiger charge is 2.22. The molecule has 0 aromatic carbocycles. The third-order valence-electron chi connectivity index (χ3n) is 2.34. The number of pyridine rings is 1. The number of aromatic amines is 1. The molecule has 0 bridgehead atoms. The van der Waals surface area contributed by atoms with E-state index in [1.807, 2.05) is 6.92 Å². The molecule has 0 amide bonds. The summed E-state index contributed by atoms with van der Waals surface area (Å²) in [5.74, 6) is 0.137. The fraction of sp³-hybridized carbons (Fsp3) is 0.300. The van der Waals surface area contributed by atoms with Gasteiger partial charge in [0.05, 0.1) is 15.7 Å². The molecule has 0 aliphatic rings. The zero-order chi connectivity index (χ0) is 14.0. The van der Waals surface area contributed by atoms with Gasteiger partial charge in [-0.15, -0.1) is 5.10 Å². The van der Waals surface area contributed by atoms with Crippen LogP contribution in [0.15, 0.2) is 17.4 Å². The van der Waals surface area contributed by atoms with E-state index >= 15 is 0 Å². The number of aryl methyl sites for hydroxylation is 1. The van der Waals surface area contributed by atoms with Gasteiger partial charge in [-0.05, 0) is 6.07 Å². The Labute approximate surface area is 120 Å². The molecule has 0 atom stereocenters. The van der Waals surface area contributed by atoms with Crippen LogP contribution in [0.5, 0.6) is 0 Å². The number of hydrogen-bond donors (Lipinski definition) is 1. The zero-order valence-electron chi connectivity index (χ0n) is 9.89. The minimum Gasteiger partial charge on any atom is -0.262 e. The number of rotatable bonds is 4. The van der Waals surface area contributed by atoms with Gasteiger partial charge in [0.1, 0.15) is 11.6 Å². The summed E-state index contributed by atoms with van der Waals surface area (Å²) >= 11 is 11.6. The Morgan fingerprint density at radius 1 is 1.37 bits per heavy atom. The molecule has 6 nitrogen and oxygen atoms in total. The normalized spacial score (nSPS) is 11.7. The second-order valence-corrected chi connectivity index (χ2v) is 6.49. The van der Waals surface area contributed by atoms with Crippen molar-refractivity contribution in [2.45, 2.75) is 24.3 Å². The van der Waals surface area contributed by atoms with Crippen LogP contribution in [-0.2, 0) is 22.0 Å². The lowest BCUT2D eigenvalue weighted by atomic mass is 10.4. The maximum Gasteiger partial charge on any atom is 0.267 e. The van der Waals surface area contributed by atoms with Crippen molar-refractivity contribution in [3.8, 4) is 0 Å². The van der Waals surface area contributed by atoms with Gasteiger partial charge in [0.15, 0.2) is 0 Å². The molecule has 9 heteroatoms. The highest BCUT2D eigenvalue weighted by molar-refractivity contribution is 7.90. The number of sulfone groups is 1. The first-order valence-corrected chi connectivity index (χ1v) is 7.77. The summed E-state index contributed by atoms with van der Waals surface area (Å²) in [6, 6.07) is 1.44. The molecule has 0 fully saturated rings. The molecule has 0 radical (unpaired) electrons. The smallest absolute Gasteiger partial charge is 0.262 e. The van der Waals surface area contributed by atoms with Crippen LogP contribution in [0.2, 0.25) is 10.0 Å². The molecule has 2 aromatic heterocycles. The Morgan fingerprint density at radius 2 is 2.11 bits per heavy atom. The van der Waals surface area contributed by atoms with Gasteiger partial charge in [0.2, 0.25) is 9.84 Å². The molecule has 102 valence electrons. The molecule has 2 heterocycles. The summed E-state index contributed by atoms with van der Waals surface area (Å²) < 4.78 is 24.2. The fourth-order valence-corrected chi connectivity index (χ4v) is 3.05. The standard InChI is InChI=1S/C10H10Cl2N4O2S/c1-2-9-14-10(16-15-9)19(17,18)5-8-7(12)3-6(11)4-13-8/h3-4H,2,5H2,1H3,(H,14,15,16).